The van der Waals surface area contributed by atoms with E-state index in [2.05, 4.69) is 5.32 Å². The van der Waals surface area contributed by atoms with Crippen molar-refractivity contribution in [3.63, 3.8) is 0 Å². The fourth-order valence-electron chi connectivity index (χ4n) is 0.656. The van der Waals surface area contributed by atoms with E-state index in [0.717, 1.165) is 0 Å². The molecule has 0 spiro atoms. The first-order valence-electron chi connectivity index (χ1n) is 3.90. The van der Waals surface area contributed by atoms with Crippen molar-refractivity contribution in [1.29, 1.82) is 0 Å². The quantitative estimate of drug-likeness (QED) is 0.729. The van der Waals surface area contributed by atoms with Crippen LogP contribution in [0.15, 0.2) is 10.6 Å². The summed E-state index contributed by atoms with van der Waals surface area (Å²) >= 11 is 11.0. The normalized spacial score (nSPS) is 17.6. The van der Waals surface area contributed by atoms with Gasteiger partial charge in [0.15, 0.2) is 0 Å². The number of aliphatic hydroxyl groups is 1. The molecule has 2 atom stereocenters. The lowest BCUT2D eigenvalue weighted by Gasteiger charge is -2.18. The summed E-state index contributed by atoms with van der Waals surface area (Å²) in [7, 11) is 0. The molecule has 2 nitrogen and oxygen atoms in total. The van der Waals surface area contributed by atoms with Gasteiger partial charge in [0.05, 0.1) is 0 Å². The number of hydrogen-bond donors (Lipinski definition) is 2. The van der Waals surface area contributed by atoms with Crippen LogP contribution in [0.3, 0.4) is 0 Å². The summed E-state index contributed by atoms with van der Waals surface area (Å²) in [5.74, 6) is 0.227. The maximum absolute atomic E-state index is 8.81. The Balaban J connectivity index is 3.63. The lowest BCUT2D eigenvalue weighted by molar-refractivity contribution is 0.209. The summed E-state index contributed by atoms with van der Waals surface area (Å²) in [6, 6.07) is 0.236. The first-order chi connectivity index (χ1) is 5.61. The summed E-state index contributed by atoms with van der Waals surface area (Å²) in [6.45, 7) is 4.70. The molecule has 0 aromatic carbocycles. The fraction of sp³-hybridized carbons (Fsp3) is 0.750. The van der Waals surface area contributed by atoms with Gasteiger partial charge in [-0.25, -0.2) is 0 Å². The van der Waals surface area contributed by atoms with Crippen LogP contribution in [0.5, 0.6) is 0 Å². The summed E-state index contributed by atoms with van der Waals surface area (Å²) in [4.78, 5) is 0. The third-order valence-corrected chi connectivity index (χ3v) is 2.47. The average Bonchev–Trinajstić information content (AvgIpc) is 2.11. The van der Waals surface area contributed by atoms with Crippen LogP contribution in [0.1, 0.15) is 13.8 Å². The Hall–Kier alpha value is 0.240. The second-order valence-corrected chi connectivity index (χ2v) is 3.59. The van der Waals surface area contributed by atoms with Gasteiger partial charge in [0.2, 0.25) is 0 Å². The summed E-state index contributed by atoms with van der Waals surface area (Å²) in [6.07, 6.45) is 0. The van der Waals surface area contributed by atoms with Crippen LogP contribution in [0, 0.1) is 5.92 Å². The second kappa shape index (κ2) is 6.72. The summed E-state index contributed by atoms with van der Waals surface area (Å²) < 4.78 is 0. The topological polar surface area (TPSA) is 32.3 Å². The predicted molar refractivity (Wildman–Crippen MR) is 53.5 cm³/mol. The molecule has 72 valence electrons. The monoisotopic (exact) mass is 211 g/mol. The van der Waals surface area contributed by atoms with Crippen molar-refractivity contribution in [3.05, 3.63) is 10.6 Å². The lowest BCUT2D eigenvalue weighted by atomic mass is 10.1. The molecule has 0 fully saturated rings. The minimum atomic E-state index is 0.177. The molecule has 0 amide bonds. The molecular formula is C8H15Cl2NO. The Kier molecular flexibility index (Phi) is 6.86. The van der Waals surface area contributed by atoms with Gasteiger partial charge in [0.1, 0.15) is 0 Å². The number of hydrogen-bond acceptors (Lipinski definition) is 2. The Morgan fingerprint density at radius 3 is 2.58 bits per heavy atom. The van der Waals surface area contributed by atoms with E-state index < -0.39 is 0 Å². The van der Waals surface area contributed by atoms with Crippen molar-refractivity contribution in [2.24, 2.45) is 5.92 Å². The van der Waals surface area contributed by atoms with Crippen LogP contribution < -0.4 is 5.32 Å². The van der Waals surface area contributed by atoms with Gasteiger partial charge < -0.3 is 10.4 Å². The Labute approximate surface area is 83.6 Å². The van der Waals surface area contributed by atoms with Gasteiger partial charge in [-0.15, -0.1) is 0 Å². The minimum Gasteiger partial charge on any atom is -0.396 e. The zero-order valence-electron chi connectivity index (χ0n) is 7.35. The SMILES string of the molecule is CC(CO)C(C)NCC(Cl)=CCl. The first kappa shape index (κ1) is 12.2. The highest BCUT2D eigenvalue weighted by Gasteiger charge is 2.09. The van der Waals surface area contributed by atoms with Crippen molar-refractivity contribution in [3.8, 4) is 0 Å². The van der Waals surface area contributed by atoms with Crippen molar-refractivity contribution in [2.75, 3.05) is 13.2 Å². The van der Waals surface area contributed by atoms with Crippen LogP contribution >= 0.6 is 23.2 Å². The largest absolute Gasteiger partial charge is 0.396 e. The van der Waals surface area contributed by atoms with E-state index >= 15 is 0 Å². The fourth-order valence-corrected chi connectivity index (χ4v) is 0.811. The van der Waals surface area contributed by atoms with Crippen LogP contribution in [0.2, 0.25) is 0 Å². The molecular weight excluding hydrogens is 197 g/mol. The molecule has 0 aromatic rings. The highest BCUT2D eigenvalue weighted by molar-refractivity contribution is 6.36. The Morgan fingerprint density at radius 2 is 2.17 bits per heavy atom. The zero-order chi connectivity index (χ0) is 9.56. The number of halogens is 2. The molecule has 2 unspecified atom stereocenters. The summed E-state index contributed by atoms with van der Waals surface area (Å²) in [5, 5.41) is 12.5. The van der Waals surface area contributed by atoms with Crippen LogP contribution in [0.4, 0.5) is 0 Å². The van der Waals surface area contributed by atoms with Crippen LogP contribution in [0.25, 0.3) is 0 Å². The van der Waals surface area contributed by atoms with Gasteiger partial charge in [-0.2, -0.15) is 0 Å². The predicted octanol–water partition coefficient (Wildman–Crippen LogP) is 1.91. The molecule has 0 aliphatic carbocycles. The van der Waals surface area contributed by atoms with Gasteiger partial charge in [0.25, 0.3) is 0 Å². The standard InChI is InChI=1S/C8H15Cl2NO/c1-6(5-12)7(2)11-4-8(10)3-9/h3,6-7,11-12H,4-5H2,1-2H3. The number of rotatable bonds is 5. The third kappa shape index (κ3) is 4.99. The maximum atomic E-state index is 8.81. The molecule has 0 saturated carbocycles. The average molecular weight is 212 g/mol. The lowest BCUT2D eigenvalue weighted by Crippen LogP contribution is -2.34. The third-order valence-electron chi connectivity index (χ3n) is 1.85. The molecule has 0 aliphatic heterocycles. The molecule has 0 bridgehead atoms. The van der Waals surface area contributed by atoms with Crippen molar-refractivity contribution < 1.29 is 5.11 Å². The van der Waals surface area contributed by atoms with E-state index in [0.29, 0.717) is 11.6 Å². The maximum Gasteiger partial charge on any atom is 0.0471 e. The molecule has 2 N–H and O–H groups in total. The molecule has 4 heteroatoms. The van der Waals surface area contributed by atoms with Crippen molar-refractivity contribution in [1.82, 2.24) is 5.32 Å². The highest BCUT2D eigenvalue weighted by atomic mass is 35.5. The molecule has 0 saturated heterocycles. The summed E-state index contributed by atoms with van der Waals surface area (Å²) in [5.41, 5.74) is 1.34. The molecule has 0 radical (unpaired) electrons. The van der Waals surface area contributed by atoms with E-state index in [1.807, 2.05) is 13.8 Å². The number of nitrogens with one attached hydrogen (secondary N) is 1. The molecule has 0 aromatic heterocycles. The van der Waals surface area contributed by atoms with Crippen molar-refractivity contribution in [2.45, 2.75) is 19.9 Å². The Morgan fingerprint density at radius 1 is 1.58 bits per heavy atom. The van der Waals surface area contributed by atoms with E-state index in [4.69, 9.17) is 28.3 Å². The first-order valence-corrected chi connectivity index (χ1v) is 4.72. The minimum absolute atomic E-state index is 0.177. The highest BCUT2D eigenvalue weighted by Crippen LogP contribution is 2.04. The van der Waals surface area contributed by atoms with E-state index in [9.17, 15) is 0 Å². The second-order valence-electron chi connectivity index (χ2n) is 2.89. The Bertz CT molecular complexity index is 150. The van der Waals surface area contributed by atoms with E-state index in [-0.39, 0.29) is 18.6 Å². The molecule has 0 rings (SSSR count). The number of aliphatic hydroxyl groups excluding tert-OH is 1. The van der Waals surface area contributed by atoms with Gasteiger partial charge in [-0.05, 0) is 12.8 Å². The van der Waals surface area contributed by atoms with Gasteiger partial charge in [0, 0.05) is 29.8 Å². The molecule has 0 heterocycles. The molecule has 0 aliphatic rings. The zero-order valence-corrected chi connectivity index (χ0v) is 8.86. The van der Waals surface area contributed by atoms with Crippen LogP contribution in [-0.4, -0.2) is 24.3 Å². The van der Waals surface area contributed by atoms with Gasteiger partial charge >= 0.3 is 0 Å². The van der Waals surface area contributed by atoms with Crippen molar-refractivity contribution >= 4 is 23.2 Å². The van der Waals surface area contributed by atoms with Gasteiger partial charge in [-0.1, -0.05) is 30.1 Å². The van der Waals surface area contributed by atoms with E-state index in [1.165, 1.54) is 5.54 Å². The van der Waals surface area contributed by atoms with Crippen LogP contribution in [-0.2, 0) is 0 Å². The van der Waals surface area contributed by atoms with Gasteiger partial charge in [-0.3, -0.25) is 0 Å². The smallest absolute Gasteiger partial charge is 0.0471 e. The van der Waals surface area contributed by atoms with E-state index in [1.54, 1.807) is 0 Å². The molecule has 12 heavy (non-hydrogen) atoms.